The van der Waals surface area contributed by atoms with Crippen molar-refractivity contribution < 1.29 is 13.2 Å². The molecule has 1 amide bonds. The molecule has 2 aromatic carbocycles. The number of nitrogens with zero attached hydrogens (tertiary/aromatic N) is 1. The summed E-state index contributed by atoms with van der Waals surface area (Å²) in [5.74, 6) is -0.353. The van der Waals surface area contributed by atoms with Crippen LogP contribution >= 0.6 is 38.9 Å². The SMILES string of the molecule is Cc1cc(NC(=O)c2sc(NS(=O)(=O)c3ccc(Cl)cc3)nc2C)ccc1Br. The van der Waals surface area contributed by atoms with Crippen molar-refractivity contribution in [3.05, 3.63) is 68.1 Å². The average Bonchev–Trinajstić information content (AvgIpc) is 2.98. The van der Waals surface area contributed by atoms with Gasteiger partial charge in [0.15, 0.2) is 5.13 Å². The first-order valence-corrected chi connectivity index (χ1v) is 11.5. The number of carbonyl (C=O) groups excluding carboxylic acids is 1. The highest BCUT2D eigenvalue weighted by Gasteiger charge is 2.20. The Morgan fingerprint density at radius 3 is 2.46 bits per heavy atom. The predicted molar refractivity (Wildman–Crippen MR) is 116 cm³/mol. The number of amides is 1. The molecular formula is C18H15BrClN3O3S2. The Kier molecular flexibility index (Phi) is 6.09. The van der Waals surface area contributed by atoms with Gasteiger partial charge in [-0.3, -0.25) is 9.52 Å². The lowest BCUT2D eigenvalue weighted by Gasteiger charge is -2.06. The molecule has 2 N–H and O–H groups in total. The first-order valence-electron chi connectivity index (χ1n) is 7.99. The minimum atomic E-state index is -3.83. The fourth-order valence-corrected chi connectivity index (χ4v) is 4.82. The van der Waals surface area contributed by atoms with Gasteiger partial charge in [-0.05, 0) is 61.9 Å². The molecule has 0 saturated carbocycles. The number of aryl methyl sites for hydroxylation is 2. The molecule has 146 valence electrons. The Hall–Kier alpha value is -1.94. The number of carbonyl (C=O) groups is 1. The van der Waals surface area contributed by atoms with E-state index in [0.717, 1.165) is 21.4 Å². The zero-order valence-electron chi connectivity index (χ0n) is 14.8. The summed E-state index contributed by atoms with van der Waals surface area (Å²) in [4.78, 5) is 17.1. The third kappa shape index (κ3) is 4.72. The lowest BCUT2D eigenvalue weighted by Crippen LogP contribution is -2.12. The molecule has 0 unspecified atom stereocenters. The third-order valence-corrected chi connectivity index (χ3v) is 7.46. The summed E-state index contributed by atoms with van der Waals surface area (Å²) in [5, 5.41) is 3.35. The van der Waals surface area contributed by atoms with Gasteiger partial charge >= 0.3 is 0 Å². The lowest BCUT2D eigenvalue weighted by atomic mass is 10.2. The summed E-state index contributed by atoms with van der Waals surface area (Å²) in [6, 6.07) is 11.2. The molecule has 0 bridgehead atoms. The van der Waals surface area contributed by atoms with Crippen LogP contribution in [0.4, 0.5) is 10.8 Å². The molecule has 1 aromatic heterocycles. The molecule has 0 aliphatic heterocycles. The van der Waals surface area contributed by atoms with Gasteiger partial charge in [0.05, 0.1) is 10.6 Å². The molecule has 1 heterocycles. The first-order chi connectivity index (χ1) is 13.2. The van der Waals surface area contributed by atoms with Crippen LogP contribution in [0.25, 0.3) is 0 Å². The Morgan fingerprint density at radius 2 is 1.82 bits per heavy atom. The van der Waals surface area contributed by atoms with Crippen molar-refractivity contribution in [2.75, 3.05) is 10.0 Å². The molecule has 3 aromatic rings. The van der Waals surface area contributed by atoms with Gasteiger partial charge in [-0.1, -0.05) is 38.9 Å². The minimum absolute atomic E-state index is 0.0566. The van der Waals surface area contributed by atoms with E-state index >= 15 is 0 Å². The number of nitrogens with one attached hydrogen (secondary N) is 2. The molecule has 0 fully saturated rings. The third-order valence-electron chi connectivity index (χ3n) is 3.76. The minimum Gasteiger partial charge on any atom is -0.321 e. The standard InChI is InChI=1S/C18H15BrClN3O3S2/c1-10-9-13(5-8-15(10)19)22-17(24)16-11(2)21-18(27-16)23-28(25,26)14-6-3-12(20)4-7-14/h3-9H,1-2H3,(H,21,23)(H,22,24). The Labute approximate surface area is 180 Å². The second-order valence-corrected chi connectivity index (χ2v) is 9.88. The number of hydrogen-bond acceptors (Lipinski definition) is 5. The Bertz CT molecular complexity index is 1150. The smallest absolute Gasteiger partial charge is 0.267 e. The summed E-state index contributed by atoms with van der Waals surface area (Å²) in [6.07, 6.45) is 0. The molecule has 0 saturated heterocycles. The molecule has 0 atom stereocenters. The highest BCUT2D eigenvalue weighted by atomic mass is 79.9. The van der Waals surface area contributed by atoms with E-state index in [1.54, 1.807) is 13.0 Å². The van der Waals surface area contributed by atoms with E-state index in [-0.39, 0.29) is 15.9 Å². The van der Waals surface area contributed by atoms with E-state index in [9.17, 15) is 13.2 Å². The fourth-order valence-electron chi connectivity index (χ4n) is 2.35. The van der Waals surface area contributed by atoms with Gasteiger partial charge < -0.3 is 5.32 Å². The summed E-state index contributed by atoms with van der Waals surface area (Å²) in [7, 11) is -3.83. The van der Waals surface area contributed by atoms with Crippen molar-refractivity contribution in [2.24, 2.45) is 0 Å². The lowest BCUT2D eigenvalue weighted by molar-refractivity contribution is 0.103. The van der Waals surface area contributed by atoms with Gasteiger partial charge in [0.25, 0.3) is 15.9 Å². The number of thiazole rings is 1. The summed E-state index contributed by atoms with van der Waals surface area (Å²) in [6.45, 7) is 3.57. The molecule has 0 spiro atoms. The number of rotatable bonds is 5. The monoisotopic (exact) mass is 499 g/mol. The quantitative estimate of drug-likeness (QED) is 0.502. The molecule has 0 aliphatic rings. The van der Waals surface area contributed by atoms with E-state index in [2.05, 4.69) is 31.0 Å². The molecular weight excluding hydrogens is 486 g/mol. The number of sulfonamides is 1. The van der Waals surface area contributed by atoms with Crippen molar-refractivity contribution in [3.63, 3.8) is 0 Å². The number of aromatic nitrogens is 1. The van der Waals surface area contributed by atoms with Gasteiger partial charge in [0.1, 0.15) is 4.88 Å². The average molecular weight is 501 g/mol. The second kappa shape index (κ2) is 8.20. The van der Waals surface area contributed by atoms with Crippen LogP contribution in [0.15, 0.2) is 51.8 Å². The van der Waals surface area contributed by atoms with E-state index in [1.807, 2.05) is 19.1 Å². The van der Waals surface area contributed by atoms with E-state index in [1.165, 1.54) is 24.3 Å². The topological polar surface area (TPSA) is 88.2 Å². The van der Waals surface area contributed by atoms with Crippen LogP contribution in [-0.2, 0) is 10.0 Å². The van der Waals surface area contributed by atoms with Crippen LogP contribution in [-0.4, -0.2) is 19.3 Å². The summed E-state index contributed by atoms with van der Waals surface area (Å²) < 4.78 is 28.3. The van der Waals surface area contributed by atoms with Gasteiger partial charge in [-0.25, -0.2) is 13.4 Å². The molecule has 3 rings (SSSR count). The first kappa shape index (κ1) is 20.8. The van der Waals surface area contributed by atoms with Gasteiger partial charge in [0.2, 0.25) is 0 Å². The van der Waals surface area contributed by atoms with Crippen LogP contribution in [0.5, 0.6) is 0 Å². The van der Waals surface area contributed by atoms with Gasteiger partial charge in [-0.2, -0.15) is 0 Å². The van der Waals surface area contributed by atoms with Crippen LogP contribution in [0, 0.1) is 13.8 Å². The predicted octanol–water partition coefficient (Wildman–Crippen LogP) is 5.23. The zero-order valence-corrected chi connectivity index (χ0v) is 18.8. The molecule has 0 radical (unpaired) electrons. The van der Waals surface area contributed by atoms with Crippen molar-refractivity contribution in [2.45, 2.75) is 18.7 Å². The van der Waals surface area contributed by atoms with E-state index in [0.29, 0.717) is 21.3 Å². The number of anilines is 2. The summed E-state index contributed by atoms with van der Waals surface area (Å²) >= 11 is 10.2. The van der Waals surface area contributed by atoms with Crippen LogP contribution < -0.4 is 10.0 Å². The molecule has 0 aliphatic carbocycles. The Morgan fingerprint density at radius 1 is 1.14 bits per heavy atom. The van der Waals surface area contributed by atoms with Crippen molar-refractivity contribution in [1.82, 2.24) is 4.98 Å². The fraction of sp³-hybridized carbons (Fsp3) is 0.111. The highest BCUT2D eigenvalue weighted by Crippen LogP contribution is 2.27. The maximum absolute atomic E-state index is 12.6. The molecule has 10 heteroatoms. The maximum Gasteiger partial charge on any atom is 0.267 e. The van der Waals surface area contributed by atoms with Crippen molar-refractivity contribution in [3.8, 4) is 0 Å². The maximum atomic E-state index is 12.6. The Balaban J connectivity index is 1.79. The van der Waals surface area contributed by atoms with E-state index < -0.39 is 10.0 Å². The number of halogens is 2. The molecule has 6 nitrogen and oxygen atoms in total. The highest BCUT2D eigenvalue weighted by molar-refractivity contribution is 9.10. The van der Waals surface area contributed by atoms with Crippen molar-refractivity contribution >= 4 is 65.6 Å². The van der Waals surface area contributed by atoms with Crippen LogP contribution in [0.3, 0.4) is 0 Å². The second-order valence-electron chi connectivity index (χ2n) is 5.91. The largest absolute Gasteiger partial charge is 0.321 e. The molecule has 28 heavy (non-hydrogen) atoms. The normalized spacial score (nSPS) is 11.3. The summed E-state index contributed by atoms with van der Waals surface area (Å²) in [5.41, 5.74) is 2.06. The van der Waals surface area contributed by atoms with Crippen molar-refractivity contribution in [1.29, 1.82) is 0 Å². The number of benzene rings is 2. The van der Waals surface area contributed by atoms with E-state index in [4.69, 9.17) is 11.6 Å². The number of hydrogen-bond donors (Lipinski definition) is 2. The van der Waals surface area contributed by atoms with Gasteiger partial charge in [-0.15, -0.1) is 0 Å². The van der Waals surface area contributed by atoms with Crippen LogP contribution in [0.1, 0.15) is 20.9 Å². The van der Waals surface area contributed by atoms with Gasteiger partial charge in [0, 0.05) is 15.2 Å². The van der Waals surface area contributed by atoms with Crippen LogP contribution in [0.2, 0.25) is 5.02 Å². The zero-order chi connectivity index (χ0) is 20.5.